The van der Waals surface area contributed by atoms with Crippen molar-refractivity contribution < 1.29 is 9.90 Å². The number of nitrogens with one attached hydrogen (secondary N) is 2. The molecule has 1 aliphatic rings. The zero-order chi connectivity index (χ0) is 22.8. The van der Waals surface area contributed by atoms with Crippen LogP contribution in [-0.4, -0.2) is 56.2 Å². The lowest BCUT2D eigenvalue weighted by atomic mass is 9.91. The highest BCUT2D eigenvalue weighted by atomic mass is 16.3. The van der Waals surface area contributed by atoms with Crippen LogP contribution in [0.2, 0.25) is 0 Å². The van der Waals surface area contributed by atoms with E-state index >= 15 is 0 Å². The van der Waals surface area contributed by atoms with E-state index < -0.39 is 5.60 Å². The number of piperidine rings is 1. The Bertz CT molecular complexity index is 1290. The number of benzene rings is 1. The first-order valence-corrected chi connectivity index (χ1v) is 11.4. The van der Waals surface area contributed by atoms with Crippen molar-refractivity contribution in [3.05, 3.63) is 60.3 Å². The number of anilines is 1. The third-order valence-electron chi connectivity index (χ3n) is 6.44. The fraction of sp³-hybridized carbons (Fsp3) is 0.360. The minimum atomic E-state index is -0.899. The number of aliphatic hydroxyl groups is 1. The van der Waals surface area contributed by atoms with Gasteiger partial charge in [0.2, 0.25) is 5.91 Å². The Kier molecular flexibility index (Phi) is 5.68. The molecule has 3 aromatic heterocycles. The van der Waals surface area contributed by atoms with E-state index in [-0.39, 0.29) is 12.5 Å². The molecular formula is C25H28N6O2. The van der Waals surface area contributed by atoms with E-state index in [4.69, 9.17) is 0 Å². The zero-order valence-electron chi connectivity index (χ0n) is 18.7. The van der Waals surface area contributed by atoms with Crippen molar-refractivity contribution in [2.45, 2.75) is 38.2 Å². The molecule has 1 fully saturated rings. The predicted molar refractivity (Wildman–Crippen MR) is 128 cm³/mol. The third-order valence-corrected chi connectivity index (χ3v) is 6.44. The van der Waals surface area contributed by atoms with Gasteiger partial charge >= 0.3 is 0 Å². The second kappa shape index (κ2) is 8.78. The van der Waals surface area contributed by atoms with Crippen LogP contribution in [0, 0.1) is 6.92 Å². The van der Waals surface area contributed by atoms with Gasteiger partial charge in [-0.25, -0.2) is 4.98 Å². The molecule has 1 amide bonds. The molecule has 8 nitrogen and oxygen atoms in total. The molecule has 0 unspecified atom stereocenters. The molecule has 0 radical (unpaired) electrons. The van der Waals surface area contributed by atoms with E-state index in [9.17, 15) is 9.90 Å². The molecule has 4 heterocycles. The molecular weight excluding hydrogens is 416 g/mol. The monoisotopic (exact) mass is 444 g/mol. The van der Waals surface area contributed by atoms with Crippen LogP contribution >= 0.6 is 0 Å². The number of H-pyrrole nitrogens is 1. The standard InChI is InChI=1S/C25H28N6O2/c1-17-2-3-20-21(14-17)30-23(29-20)4-5-24(32)28-16-25(33)8-12-31(13-9-25)22-7-11-27-19-6-10-26-15-18(19)22/h2-3,6-7,10-11,14-15,33H,4-5,8-9,12-13,16H2,1H3,(H,28,32)(H,29,30). The average Bonchev–Trinajstić information content (AvgIpc) is 3.24. The number of rotatable bonds is 6. The van der Waals surface area contributed by atoms with Gasteiger partial charge in [0, 0.05) is 62.1 Å². The third kappa shape index (κ3) is 4.66. The van der Waals surface area contributed by atoms with E-state index in [0.29, 0.717) is 38.8 Å². The Balaban J connectivity index is 1.13. The predicted octanol–water partition coefficient (Wildman–Crippen LogP) is 2.89. The summed E-state index contributed by atoms with van der Waals surface area (Å²) in [4.78, 5) is 31.1. The first kappa shape index (κ1) is 21.3. The molecule has 0 bridgehead atoms. The summed E-state index contributed by atoms with van der Waals surface area (Å²) < 4.78 is 0. The minimum absolute atomic E-state index is 0.0753. The fourth-order valence-corrected chi connectivity index (χ4v) is 4.47. The van der Waals surface area contributed by atoms with Gasteiger partial charge in [-0.05, 0) is 49.6 Å². The highest BCUT2D eigenvalue weighted by Crippen LogP contribution is 2.30. The molecule has 1 saturated heterocycles. The summed E-state index contributed by atoms with van der Waals surface area (Å²) in [6.07, 6.45) is 7.42. The first-order chi connectivity index (χ1) is 16.0. The van der Waals surface area contributed by atoms with Crippen LogP contribution < -0.4 is 10.2 Å². The number of fused-ring (bicyclic) bond motifs is 2. The van der Waals surface area contributed by atoms with Crippen molar-refractivity contribution in [3.8, 4) is 0 Å². The highest BCUT2D eigenvalue weighted by Gasteiger charge is 2.33. The maximum absolute atomic E-state index is 12.4. The Labute approximate surface area is 192 Å². The lowest BCUT2D eigenvalue weighted by Gasteiger charge is -2.39. The van der Waals surface area contributed by atoms with Crippen molar-refractivity contribution in [1.29, 1.82) is 0 Å². The average molecular weight is 445 g/mol. The van der Waals surface area contributed by atoms with E-state index in [0.717, 1.165) is 33.4 Å². The van der Waals surface area contributed by atoms with Gasteiger partial charge in [0.25, 0.3) is 0 Å². The normalized spacial score (nSPS) is 15.8. The molecule has 3 N–H and O–H groups in total. The molecule has 8 heteroatoms. The smallest absolute Gasteiger partial charge is 0.220 e. The molecule has 5 rings (SSSR count). The van der Waals surface area contributed by atoms with Crippen LogP contribution in [0.1, 0.15) is 30.7 Å². The van der Waals surface area contributed by atoms with Crippen LogP contribution in [0.15, 0.2) is 48.9 Å². The summed E-state index contributed by atoms with van der Waals surface area (Å²) >= 11 is 0. The number of hydrogen-bond donors (Lipinski definition) is 3. The molecule has 170 valence electrons. The number of aromatic amines is 1. The Morgan fingerprint density at radius 2 is 2.03 bits per heavy atom. The lowest BCUT2D eigenvalue weighted by Crippen LogP contribution is -2.51. The van der Waals surface area contributed by atoms with Gasteiger partial charge < -0.3 is 20.3 Å². The van der Waals surface area contributed by atoms with E-state index in [1.807, 2.05) is 43.6 Å². The van der Waals surface area contributed by atoms with Crippen molar-refractivity contribution in [3.63, 3.8) is 0 Å². The summed E-state index contributed by atoms with van der Waals surface area (Å²) in [7, 11) is 0. The number of amides is 1. The van der Waals surface area contributed by atoms with Crippen LogP contribution in [0.3, 0.4) is 0 Å². The van der Waals surface area contributed by atoms with Gasteiger partial charge in [0.1, 0.15) is 5.82 Å². The first-order valence-electron chi connectivity index (χ1n) is 11.4. The Morgan fingerprint density at radius 3 is 2.88 bits per heavy atom. The van der Waals surface area contributed by atoms with Gasteiger partial charge in [-0.3, -0.25) is 14.8 Å². The Morgan fingerprint density at radius 1 is 1.18 bits per heavy atom. The minimum Gasteiger partial charge on any atom is -0.388 e. The Hall–Kier alpha value is -3.52. The topological polar surface area (TPSA) is 107 Å². The van der Waals surface area contributed by atoms with Gasteiger partial charge in [-0.2, -0.15) is 0 Å². The molecule has 0 saturated carbocycles. The maximum Gasteiger partial charge on any atom is 0.220 e. The number of aromatic nitrogens is 4. The molecule has 4 aromatic rings. The fourth-order valence-electron chi connectivity index (χ4n) is 4.47. The largest absolute Gasteiger partial charge is 0.388 e. The molecule has 0 spiro atoms. The summed E-state index contributed by atoms with van der Waals surface area (Å²) in [6, 6.07) is 9.97. The van der Waals surface area contributed by atoms with Gasteiger partial charge in [0.15, 0.2) is 0 Å². The number of imidazole rings is 1. The molecule has 0 aliphatic carbocycles. The van der Waals surface area contributed by atoms with Gasteiger partial charge in [-0.15, -0.1) is 0 Å². The molecule has 0 atom stereocenters. The summed E-state index contributed by atoms with van der Waals surface area (Å²) in [6.45, 7) is 3.72. The number of aryl methyl sites for hydroxylation is 2. The number of nitrogens with zero attached hydrogens (tertiary/aromatic N) is 4. The van der Waals surface area contributed by atoms with Crippen molar-refractivity contribution in [2.24, 2.45) is 0 Å². The SMILES string of the molecule is Cc1ccc2nc(CCC(=O)NCC3(O)CCN(c4ccnc5ccncc45)CC3)[nH]c2c1. The molecule has 1 aromatic carbocycles. The van der Waals surface area contributed by atoms with E-state index in [1.54, 1.807) is 6.20 Å². The van der Waals surface area contributed by atoms with E-state index in [2.05, 4.69) is 36.2 Å². The quantitative estimate of drug-likeness (QED) is 0.422. The maximum atomic E-state index is 12.4. The number of hydrogen-bond acceptors (Lipinski definition) is 6. The second-order valence-corrected chi connectivity index (χ2v) is 8.92. The summed E-state index contributed by atoms with van der Waals surface area (Å²) in [5, 5.41) is 15.0. The van der Waals surface area contributed by atoms with Gasteiger partial charge in [0.05, 0.1) is 22.2 Å². The van der Waals surface area contributed by atoms with E-state index in [1.165, 1.54) is 5.56 Å². The van der Waals surface area contributed by atoms with Crippen LogP contribution in [0.5, 0.6) is 0 Å². The number of carbonyl (C=O) groups is 1. The summed E-state index contributed by atoms with van der Waals surface area (Å²) in [5.41, 5.74) is 4.17. The van der Waals surface area contributed by atoms with Crippen LogP contribution in [0.4, 0.5) is 5.69 Å². The zero-order valence-corrected chi connectivity index (χ0v) is 18.7. The molecule has 1 aliphatic heterocycles. The summed E-state index contributed by atoms with van der Waals surface area (Å²) in [5.74, 6) is 0.727. The molecule has 33 heavy (non-hydrogen) atoms. The number of pyridine rings is 2. The number of carbonyl (C=O) groups excluding carboxylic acids is 1. The van der Waals surface area contributed by atoms with Crippen LogP contribution in [-0.2, 0) is 11.2 Å². The van der Waals surface area contributed by atoms with Gasteiger partial charge in [-0.1, -0.05) is 6.07 Å². The second-order valence-electron chi connectivity index (χ2n) is 8.92. The van der Waals surface area contributed by atoms with Crippen molar-refractivity contribution in [2.75, 3.05) is 24.5 Å². The highest BCUT2D eigenvalue weighted by molar-refractivity contribution is 5.90. The van der Waals surface area contributed by atoms with Crippen molar-refractivity contribution in [1.82, 2.24) is 25.3 Å². The lowest BCUT2D eigenvalue weighted by molar-refractivity contribution is -0.122. The van der Waals surface area contributed by atoms with Crippen molar-refractivity contribution >= 4 is 33.5 Å². The van der Waals surface area contributed by atoms with Crippen LogP contribution in [0.25, 0.3) is 21.9 Å².